The molecule has 1 aliphatic heterocycles. The molecule has 0 aromatic heterocycles. The van der Waals surface area contributed by atoms with Crippen LogP contribution in [-0.4, -0.2) is 49.1 Å². The van der Waals surface area contributed by atoms with E-state index in [0.29, 0.717) is 17.9 Å². The summed E-state index contributed by atoms with van der Waals surface area (Å²) < 4.78 is 5.36. The molecular formula is C27H38N2O2. The minimum absolute atomic E-state index is 0.189. The summed E-state index contributed by atoms with van der Waals surface area (Å²) >= 11 is 0. The van der Waals surface area contributed by atoms with Crippen LogP contribution < -0.4 is 4.74 Å². The zero-order valence-electron chi connectivity index (χ0n) is 20.1. The van der Waals surface area contributed by atoms with E-state index in [2.05, 4.69) is 62.9 Å². The Labute approximate surface area is 187 Å². The molecule has 2 amide bonds. The van der Waals surface area contributed by atoms with Crippen molar-refractivity contribution in [2.75, 3.05) is 27.2 Å². The number of carbonyl (C=O) groups excluding carboxylic acids is 1. The van der Waals surface area contributed by atoms with Crippen LogP contribution in [0.3, 0.4) is 0 Å². The second-order valence-corrected chi connectivity index (χ2v) is 10.7. The lowest BCUT2D eigenvalue weighted by atomic mass is 9.80. The number of methoxy groups -OCH3 is 1. The van der Waals surface area contributed by atoms with Crippen LogP contribution in [0.4, 0.5) is 4.79 Å². The Morgan fingerprint density at radius 3 is 2.61 bits per heavy atom. The monoisotopic (exact) mass is 422 g/mol. The fourth-order valence-corrected chi connectivity index (χ4v) is 5.48. The molecule has 2 fully saturated rings. The highest BCUT2D eigenvalue weighted by Crippen LogP contribution is 2.55. The van der Waals surface area contributed by atoms with E-state index in [1.165, 1.54) is 23.1 Å². The van der Waals surface area contributed by atoms with Gasteiger partial charge >= 0.3 is 6.03 Å². The van der Waals surface area contributed by atoms with Crippen molar-refractivity contribution in [3.05, 3.63) is 52.6 Å². The molecule has 4 nitrogen and oxygen atoms in total. The number of rotatable bonds is 7. The minimum Gasteiger partial charge on any atom is -0.496 e. The number of fused-ring (bicyclic) bond motifs is 1. The highest BCUT2D eigenvalue weighted by molar-refractivity contribution is 5.77. The van der Waals surface area contributed by atoms with Crippen molar-refractivity contribution in [2.24, 2.45) is 17.3 Å². The fourth-order valence-electron chi connectivity index (χ4n) is 5.48. The van der Waals surface area contributed by atoms with E-state index in [9.17, 15) is 4.79 Å². The molecule has 0 N–H and O–H groups in total. The summed E-state index contributed by atoms with van der Waals surface area (Å²) in [5.74, 6) is 2.31. The van der Waals surface area contributed by atoms with Crippen LogP contribution >= 0.6 is 0 Å². The van der Waals surface area contributed by atoms with Crippen LogP contribution in [0.5, 0.6) is 5.75 Å². The van der Waals surface area contributed by atoms with Gasteiger partial charge in [-0.05, 0) is 72.6 Å². The summed E-state index contributed by atoms with van der Waals surface area (Å²) in [6, 6.07) is 6.93. The first-order valence-corrected chi connectivity index (χ1v) is 11.8. The third kappa shape index (κ3) is 4.53. The van der Waals surface area contributed by atoms with Crippen molar-refractivity contribution < 1.29 is 9.53 Å². The van der Waals surface area contributed by atoms with Gasteiger partial charge < -0.3 is 14.5 Å². The average Bonchev–Trinajstić information content (AvgIpc) is 3.47. The number of nitrogens with zero attached hydrogens (tertiary/aromatic N) is 2. The molecule has 168 valence electrons. The predicted octanol–water partition coefficient (Wildman–Crippen LogP) is 5.61. The van der Waals surface area contributed by atoms with Gasteiger partial charge in [0, 0.05) is 20.1 Å². The molecule has 0 radical (unpaired) electrons. The largest absolute Gasteiger partial charge is 0.496 e. The van der Waals surface area contributed by atoms with E-state index in [-0.39, 0.29) is 11.4 Å². The van der Waals surface area contributed by atoms with Gasteiger partial charge in [-0.1, -0.05) is 50.6 Å². The van der Waals surface area contributed by atoms with Crippen LogP contribution in [0.1, 0.15) is 51.2 Å². The molecule has 3 aliphatic rings. The van der Waals surface area contributed by atoms with Crippen LogP contribution in [0, 0.1) is 24.2 Å². The van der Waals surface area contributed by atoms with Crippen molar-refractivity contribution in [1.29, 1.82) is 0 Å². The van der Waals surface area contributed by atoms with Gasteiger partial charge in [0.15, 0.2) is 0 Å². The number of benzene rings is 1. The lowest BCUT2D eigenvalue weighted by Gasteiger charge is -2.27. The molecule has 0 bridgehead atoms. The van der Waals surface area contributed by atoms with Gasteiger partial charge in [-0.25, -0.2) is 4.79 Å². The summed E-state index contributed by atoms with van der Waals surface area (Å²) in [4.78, 5) is 16.9. The highest BCUT2D eigenvalue weighted by atomic mass is 16.5. The van der Waals surface area contributed by atoms with E-state index in [1.54, 1.807) is 12.7 Å². The Morgan fingerprint density at radius 2 is 1.94 bits per heavy atom. The molecule has 1 aromatic rings. The SMILES string of the molecule is COc1ccc(CCCC2CN(CC3=CC=C(C(C)(C)C)C4CC34)C(=O)N2C)cc1C. The van der Waals surface area contributed by atoms with Crippen LogP contribution in [-0.2, 0) is 6.42 Å². The molecule has 4 rings (SSSR count). The maximum atomic E-state index is 12.9. The first-order valence-electron chi connectivity index (χ1n) is 11.8. The third-order valence-electron chi connectivity index (χ3n) is 7.40. The van der Waals surface area contributed by atoms with Gasteiger partial charge in [-0.2, -0.15) is 0 Å². The molecule has 1 aromatic carbocycles. The normalized spacial score (nSPS) is 25.4. The van der Waals surface area contributed by atoms with E-state index in [4.69, 9.17) is 4.74 Å². The summed E-state index contributed by atoms with van der Waals surface area (Å²) in [5, 5.41) is 0. The number of hydrogen-bond donors (Lipinski definition) is 0. The Morgan fingerprint density at radius 1 is 1.16 bits per heavy atom. The predicted molar refractivity (Wildman–Crippen MR) is 126 cm³/mol. The third-order valence-corrected chi connectivity index (χ3v) is 7.40. The lowest BCUT2D eigenvalue weighted by molar-refractivity contribution is 0.196. The summed E-state index contributed by atoms with van der Waals surface area (Å²) in [6.45, 7) is 10.7. The van der Waals surface area contributed by atoms with Gasteiger partial charge in [0.25, 0.3) is 0 Å². The number of hydrogen-bond acceptors (Lipinski definition) is 2. The van der Waals surface area contributed by atoms with Gasteiger partial charge in [-0.3, -0.25) is 0 Å². The molecule has 31 heavy (non-hydrogen) atoms. The summed E-state index contributed by atoms with van der Waals surface area (Å²) in [6.07, 6.45) is 9.08. The first-order chi connectivity index (χ1) is 14.7. The van der Waals surface area contributed by atoms with Crippen LogP contribution in [0.15, 0.2) is 41.5 Å². The maximum absolute atomic E-state index is 12.9. The molecular weight excluding hydrogens is 384 g/mol. The van der Waals surface area contributed by atoms with Crippen molar-refractivity contribution in [2.45, 2.75) is 59.4 Å². The molecule has 2 aliphatic carbocycles. The molecule has 4 heteroatoms. The second-order valence-electron chi connectivity index (χ2n) is 10.7. The van der Waals surface area contributed by atoms with Crippen molar-refractivity contribution in [1.82, 2.24) is 9.80 Å². The van der Waals surface area contributed by atoms with Crippen molar-refractivity contribution >= 4 is 6.03 Å². The highest BCUT2D eigenvalue weighted by Gasteiger charge is 2.47. The fraction of sp³-hybridized carbons (Fsp3) is 0.593. The first kappa shape index (κ1) is 22.0. The molecule has 1 saturated carbocycles. The van der Waals surface area contributed by atoms with E-state index in [1.807, 2.05) is 11.9 Å². The number of urea groups is 1. The van der Waals surface area contributed by atoms with Gasteiger partial charge in [0.05, 0.1) is 13.2 Å². The Balaban J connectivity index is 1.32. The Hall–Kier alpha value is -2.23. The van der Waals surface area contributed by atoms with E-state index < -0.39 is 0 Å². The van der Waals surface area contributed by atoms with Gasteiger partial charge in [-0.15, -0.1) is 0 Å². The second kappa shape index (κ2) is 8.37. The standard InChI is InChI=1S/C27H38N2O2/c1-18-14-19(10-13-25(18)31-6)8-7-9-21-17-29(26(30)28(21)5)16-20-11-12-24(27(2,3)4)23-15-22(20)23/h10-14,21-23H,7-9,15-17H2,1-6H3. The maximum Gasteiger partial charge on any atom is 0.320 e. The Kier molecular flexibility index (Phi) is 5.93. The number of carbonyl (C=O) groups is 1. The minimum atomic E-state index is 0.189. The van der Waals surface area contributed by atoms with Gasteiger partial charge in [0.2, 0.25) is 0 Å². The summed E-state index contributed by atoms with van der Waals surface area (Å²) in [7, 11) is 3.69. The lowest BCUT2D eigenvalue weighted by Crippen LogP contribution is -2.32. The molecule has 3 unspecified atom stereocenters. The Bertz CT molecular complexity index is 908. The number of ether oxygens (including phenoxy) is 1. The van der Waals surface area contributed by atoms with Crippen molar-refractivity contribution in [3.8, 4) is 5.75 Å². The number of aryl methyl sites for hydroxylation is 2. The van der Waals surface area contributed by atoms with E-state index in [0.717, 1.165) is 38.1 Å². The van der Waals surface area contributed by atoms with E-state index >= 15 is 0 Å². The van der Waals surface area contributed by atoms with Crippen LogP contribution in [0.2, 0.25) is 0 Å². The zero-order valence-corrected chi connectivity index (χ0v) is 20.1. The van der Waals surface area contributed by atoms with Crippen LogP contribution in [0.25, 0.3) is 0 Å². The van der Waals surface area contributed by atoms with Gasteiger partial charge in [0.1, 0.15) is 5.75 Å². The molecule has 0 spiro atoms. The molecule has 1 heterocycles. The smallest absolute Gasteiger partial charge is 0.320 e. The molecule has 1 saturated heterocycles. The quantitative estimate of drug-likeness (QED) is 0.572. The topological polar surface area (TPSA) is 32.8 Å². The number of amides is 2. The zero-order chi connectivity index (χ0) is 22.3. The summed E-state index contributed by atoms with van der Waals surface area (Å²) in [5.41, 5.74) is 5.81. The number of allylic oxidation sites excluding steroid dienone is 3. The number of likely N-dealkylation sites (N-methyl/N-ethyl adjacent to an activating group) is 1. The average molecular weight is 423 g/mol. The van der Waals surface area contributed by atoms with Crippen molar-refractivity contribution in [3.63, 3.8) is 0 Å². The molecule has 3 atom stereocenters.